The molecule has 1 aliphatic rings. The van der Waals surface area contributed by atoms with E-state index in [0.29, 0.717) is 5.02 Å². The van der Waals surface area contributed by atoms with E-state index in [2.05, 4.69) is 0 Å². The maximum Gasteiger partial charge on any atom is 0.246 e. The minimum atomic E-state index is -3.91. The zero-order chi connectivity index (χ0) is 19.4. The molecule has 2 aromatic carbocycles. The second-order valence-electron chi connectivity index (χ2n) is 5.93. The summed E-state index contributed by atoms with van der Waals surface area (Å²) in [5, 5.41) is 0.594. The highest BCUT2D eigenvalue weighted by Gasteiger charge is 2.31. The van der Waals surface area contributed by atoms with Crippen molar-refractivity contribution in [1.29, 1.82) is 0 Å². The topological polar surface area (TPSA) is 57.7 Å². The number of carbonyl (C=O) groups is 1. The standard InChI is InChI=1S/C18H18ClFN2O3S2/c19-14-5-1-3-7-16(14)26-13-18(23)21-9-11-22(12-10-21)27(24,25)17-8-4-2-6-15(17)20/h1-8H,9-13H2. The molecule has 0 N–H and O–H groups in total. The number of piperazine rings is 1. The van der Waals surface area contributed by atoms with Gasteiger partial charge in [0.2, 0.25) is 15.9 Å². The molecular weight excluding hydrogens is 411 g/mol. The number of halogens is 2. The SMILES string of the molecule is O=C(CSc1ccccc1Cl)N1CCN(S(=O)(=O)c2ccccc2F)CC1. The number of hydrogen-bond donors (Lipinski definition) is 0. The lowest BCUT2D eigenvalue weighted by Gasteiger charge is -2.34. The summed E-state index contributed by atoms with van der Waals surface area (Å²) < 4.78 is 40.3. The van der Waals surface area contributed by atoms with Crippen LogP contribution in [0.2, 0.25) is 5.02 Å². The van der Waals surface area contributed by atoms with Gasteiger partial charge in [-0.15, -0.1) is 11.8 Å². The fourth-order valence-corrected chi connectivity index (χ4v) is 5.39. The summed E-state index contributed by atoms with van der Waals surface area (Å²) in [7, 11) is -3.91. The first-order valence-corrected chi connectivity index (χ1v) is 11.1. The Bertz CT molecular complexity index is 932. The normalized spacial score (nSPS) is 15.7. The molecule has 0 aliphatic carbocycles. The van der Waals surface area contributed by atoms with E-state index >= 15 is 0 Å². The van der Waals surface area contributed by atoms with Gasteiger partial charge in [-0.1, -0.05) is 35.9 Å². The van der Waals surface area contributed by atoms with Crippen molar-refractivity contribution in [2.75, 3.05) is 31.9 Å². The molecule has 9 heteroatoms. The fourth-order valence-electron chi connectivity index (χ4n) is 2.76. The van der Waals surface area contributed by atoms with E-state index < -0.39 is 15.8 Å². The van der Waals surface area contributed by atoms with Crippen molar-refractivity contribution in [2.45, 2.75) is 9.79 Å². The molecule has 0 atom stereocenters. The van der Waals surface area contributed by atoms with E-state index in [1.165, 1.54) is 34.3 Å². The van der Waals surface area contributed by atoms with E-state index in [1.807, 2.05) is 18.2 Å². The molecule has 144 valence electrons. The van der Waals surface area contributed by atoms with E-state index in [0.717, 1.165) is 11.0 Å². The summed E-state index contributed by atoms with van der Waals surface area (Å²) in [5.74, 6) is -0.626. The van der Waals surface area contributed by atoms with Crippen LogP contribution in [0.4, 0.5) is 4.39 Å². The highest BCUT2D eigenvalue weighted by molar-refractivity contribution is 8.00. The lowest BCUT2D eigenvalue weighted by Crippen LogP contribution is -2.51. The first-order chi connectivity index (χ1) is 12.9. The molecule has 1 amide bonds. The molecule has 1 saturated heterocycles. The Hall–Kier alpha value is -1.61. The van der Waals surface area contributed by atoms with Crippen molar-refractivity contribution in [3.05, 3.63) is 59.4 Å². The quantitative estimate of drug-likeness (QED) is 0.686. The number of sulfonamides is 1. The highest BCUT2D eigenvalue weighted by Crippen LogP contribution is 2.27. The summed E-state index contributed by atoms with van der Waals surface area (Å²) in [4.78, 5) is 14.5. The molecule has 1 heterocycles. The van der Waals surface area contributed by atoms with Crippen LogP contribution in [-0.4, -0.2) is 55.5 Å². The Morgan fingerprint density at radius 3 is 2.33 bits per heavy atom. The molecular formula is C18H18ClFN2O3S2. The van der Waals surface area contributed by atoms with Crippen LogP contribution in [0.5, 0.6) is 0 Å². The summed E-state index contributed by atoms with van der Waals surface area (Å²) in [6.45, 7) is 0.823. The fraction of sp³-hybridized carbons (Fsp3) is 0.278. The Kier molecular flexibility index (Phi) is 6.41. The molecule has 5 nitrogen and oxygen atoms in total. The Morgan fingerprint density at radius 1 is 1.04 bits per heavy atom. The Labute approximate surface area is 167 Å². The van der Waals surface area contributed by atoms with Crippen LogP contribution >= 0.6 is 23.4 Å². The van der Waals surface area contributed by atoms with E-state index in [4.69, 9.17) is 11.6 Å². The zero-order valence-electron chi connectivity index (χ0n) is 14.3. The van der Waals surface area contributed by atoms with Crippen molar-refractivity contribution in [2.24, 2.45) is 0 Å². The average molecular weight is 429 g/mol. The van der Waals surface area contributed by atoms with Gasteiger partial charge in [0.15, 0.2) is 0 Å². The molecule has 1 aliphatic heterocycles. The maximum atomic E-state index is 13.9. The molecule has 1 fully saturated rings. The summed E-state index contributed by atoms with van der Waals surface area (Å²) in [6, 6.07) is 12.6. The molecule has 0 unspecified atom stereocenters. The van der Waals surface area contributed by atoms with E-state index in [1.54, 1.807) is 11.0 Å². The molecule has 2 aromatic rings. The van der Waals surface area contributed by atoms with Gasteiger partial charge in [0, 0.05) is 31.1 Å². The first-order valence-electron chi connectivity index (χ1n) is 8.29. The molecule has 0 radical (unpaired) electrons. The number of rotatable bonds is 5. The van der Waals surface area contributed by atoms with E-state index in [9.17, 15) is 17.6 Å². The van der Waals surface area contributed by atoms with Crippen LogP contribution in [-0.2, 0) is 14.8 Å². The number of hydrogen-bond acceptors (Lipinski definition) is 4. The van der Waals surface area contributed by atoms with Gasteiger partial charge in [0.05, 0.1) is 10.8 Å². The van der Waals surface area contributed by atoms with Crippen molar-refractivity contribution >= 4 is 39.3 Å². The smallest absolute Gasteiger partial charge is 0.246 e. The monoisotopic (exact) mass is 428 g/mol. The van der Waals surface area contributed by atoms with Crippen LogP contribution in [0, 0.1) is 5.82 Å². The number of nitrogens with zero attached hydrogens (tertiary/aromatic N) is 2. The highest BCUT2D eigenvalue weighted by atomic mass is 35.5. The van der Waals surface area contributed by atoms with Crippen LogP contribution < -0.4 is 0 Å². The van der Waals surface area contributed by atoms with Gasteiger partial charge in [-0.2, -0.15) is 4.31 Å². The van der Waals surface area contributed by atoms with Gasteiger partial charge in [-0.25, -0.2) is 12.8 Å². The van der Waals surface area contributed by atoms with Crippen LogP contribution in [0.15, 0.2) is 58.3 Å². The van der Waals surface area contributed by atoms with Gasteiger partial charge in [-0.05, 0) is 24.3 Å². The van der Waals surface area contributed by atoms with Gasteiger partial charge in [0.25, 0.3) is 0 Å². The maximum absolute atomic E-state index is 13.9. The Morgan fingerprint density at radius 2 is 1.67 bits per heavy atom. The third-order valence-corrected chi connectivity index (χ3v) is 7.67. The lowest BCUT2D eigenvalue weighted by atomic mass is 10.3. The average Bonchev–Trinajstić information content (AvgIpc) is 2.67. The van der Waals surface area contributed by atoms with Crippen molar-refractivity contribution in [3.8, 4) is 0 Å². The summed E-state index contributed by atoms with van der Waals surface area (Å²) in [6.07, 6.45) is 0. The number of thioether (sulfide) groups is 1. The molecule has 27 heavy (non-hydrogen) atoms. The number of amides is 1. The van der Waals surface area contributed by atoms with Gasteiger partial charge in [-0.3, -0.25) is 4.79 Å². The second-order valence-corrected chi connectivity index (χ2v) is 9.27. The Balaban J connectivity index is 1.58. The van der Waals surface area contributed by atoms with E-state index in [-0.39, 0.29) is 42.7 Å². The van der Waals surface area contributed by atoms with Gasteiger partial charge >= 0.3 is 0 Å². The summed E-state index contributed by atoms with van der Waals surface area (Å²) >= 11 is 7.43. The first kappa shape index (κ1) is 20.1. The molecule has 0 spiro atoms. The predicted octanol–water partition coefficient (Wildman–Crippen LogP) is 3.10. The largest absolute Gasteiger partial charge is 0.339 e. The van der Waals surface area contributed by atoms with Crippen LogP contribution in [0.1, 0.15) is 0 Å². The minimum Gasteiger partial charge on any atom is -0.339 e. The second kappa shape index (κ2) is 8.60. The third-order valence-electron chi connectivity index (χ3n) is 4.23. The number of benzene rings is 2. The number of carbonyl (C=O) groups excluding carboxylic acids is 1. The van der Waals surface area contributed by atoms with Crippen molar-refractivity contribution in [3.63, 3.8) is 0 Å². The van der Waals surface area contributed by atoms with Gasteiger partial charge < -0.3 is 4.90 Å². The van der Waals surface area contributed by atoms with Gasteiger partial charge in [0.1, 0.15) is 10.7 Å². The summed E-state index contributed by atoms with van der Waals surface area (Å²) in [5.41, 5.74) is 0. The third kappa shape index (κ3) is 4.63. The minimum absolute atomic E-state index is 0.0807. The van der Waals surface area contributed by atoms with Crippen molar-refractivity contribution < 1.29 is 17.6 Å². The molecule has 0 bridgehead atoms. The molecule has 3 rings (SSSR count). The van der Waals surface area contributed by atoms with Crippen LogP contribution in [0.25, 0.3) is 0 Å². The predicted molar refractivity (Wildman–Crippen MR) is 104 cm³/mol. The lowest BCUT2D eigenvalue weighted by molar-refractivity contribution is -0.129. The molecule has 0 aromatic heterocycles. The molecule has 0 saturated carbocycles. The van der Waals surface area contributed by atoms with Crippen LogP contribution in [0.3, 0.4) is 0 Å². The zero-order valence-corrected chi connectivity index (χ0v) is 16.7. The van der Waals surface area contributed by atoms with Crippen molar-refractivity contribution in [1.82, 2.24) is 9.21 Å².